The normalized spacial score (nSPS) is 33.1. The van der Waals surface area contributed by atoms with E-state index in [1.807, 2.05) is 32.9 Å². The summed E-state index contributed by atoms with van der Waals surface area (Å²) in [6, 6.07) is 8.15. The lowest BCUT2D eigenvalue weighted by atomic mass is 9.36. The summed E-state index contributed by atoms with van der Waals surface area (Å²) in [5, 5.41) is 6.89. The van der Waals surface area contributed by atoms with E-state index in [1.165, 1.54) is 82.5 Å². The molecule has 276 valence electrons. The van der Waals surface area contributed by atoms with Crippen LogP contribution >= 0.6 is 0 Å². The van der Waals surface area contributed by atoms with Crippen molar-refractivity contribution in [3.63, 3.8) is 0 Å². The zero-order valence-electron chi connectivity index (χ0n) is 32.8. The van der Waals surface area contributed by atoms with E-state index in [1.54, 1.807) is 6.08 Å². The first kappa shape index (κ1) is 46.3. The molecule has 0 saturated heterocycles. The monoisotopic (exact) mass is 685 g/mol. The van der Waals surface area contributed by atoms with Crippen LogP contribution in [0.5, 0.6) is 0 Å². The molecule has 50 heavy (non-hydrogen) atoms. The molecule has 8 atom stereocenters. The van der Waals surface area contributed by atoms with E-state index < -0.39 is 0 Å². The van der Waals surface area contributed by atoms with Crippen molar-refractivity contribution in [2.45, 2.75) is 120 Å². The van der Waals surface area contributed by atoms with Gasteiger partial charge in [0.05, 0.1) is 12.7 Å². The smallest absolute Gasteiger partial charge is 0.337 e. The van der Waals surface area contributed by atoms with Gasteiger partial charge in [-0.15, -0.1) is 45.1 Å². The first-order valence-electron chi connectivity index (χ1n) is 18.4. The Morgan fingerprint density at radius 2 is 1.36 bits per heavy atom. The molecule has 1 N–H and O–H groups in total. The average molecular weight is 685 g/mol. The van der Waals surface area contributed by atoms with Gasteiger partial charge in [-0.2, -0.15) is 0 Å². The van der Waals surface area contributed by atoms with Gasteiger partial charge in [-0.3, -0.25) is 4.79 Å². The van der Waals surface area contributed by atoms with Crippen molar-refractivity contribution >= 4 is 18.0 Å². The second kappa shape index (κ2) is 20.9. The van der Waals surface area contributed by atoms with Gasteiger partial charge < -0.3 is 9.84 Å². The van der Waals surface area contributed by atoms with Gasteiger partial charge in [0.25, 0.3) is 6.47 Å². The fourth-order valence-electron chi connectivity index (χ4n) is 11.6. The molecule has 5 aliphatic carbocycles. The minimum Gasteiger partial charge on any atom is -0.483 e. The Bertz CT molecular complexity index is 1280. The van der Waals surface area contributed by atoms with Gasteiger partial charge in [0, 0.05) is 0 Å². The number of ether oxygens (including phenoxy) is 1. The predicted molar refractivity (Wildman–Crippen MR) is 213 cm³/mol. The van der Waals surface area contributed by atoms with E-state index in [9.17, 15) is 4.79 Å². The molecule has 0 aliphatic heterocycles. The van der Waals surface area contributed by atoms with Crippen LogP contribution in [0.15, 0.2) is 43.0 Å². The highest BCUT2D eigenvalue weighted by atomic mass is 16.5. The zero-order valence-corrected chi connectivity index (χ0v) is 32.8. The molecule has 4 nitrogen and oxygen atoms in total. The summed E-state index contributed by atoms with van der Waals surface area (Å²) < 4.78 is 4.92. The van der Waals surface area contributed by atoms with E-state index in [2.05, 4.69) is 97.9 Å². The molecule has 4 fully saturated rings. The van der Waals surface area contributed by atoms with Crippen molar-refractivity contribution < 1.29 is 19.4 Å². The highest BCUT2D eigenvalue weighted by molar-refractivity contribution is 5.89. The number of esters is 1. The summed E-state index contributed by atoms with van der Waals surface area (Å²) in [4.78, 5) is 20.3. The molecule has 0 aromatic heterocycles. The third-order valence-corrected chi connectivity index (χ3v) is 13.1. The van der Waals surface area contributed by atoms with Crippen LogP contribution in [0.4, 0.5) is 0 Å². The quantitative estimate of drug-likeness (QED) is 0.146. The number of methoxy groups -OCH3 is 1. The Labute approximate surface area is 307 Å². The zero-order chi connectivity index (χ0) is 38.9. The number of hydrogen-bond donors (Lipinski definition) is 1. The fourth-order valence-corrected chi connectivity index (χ4v) is 11.6. The second-order valence-electron chi connectivity index (χ2n) is 15.3. The van der Waals surface area contributed by atoms with Gasteiger partial charge in [-0.1, -0.05) is 79.2 Å². The molecular formula is C46H68O4. The largest absolute Gasteiger partial charge is 0.483 e. The Balaban J connectivity index is 0.00000152. The van der Waals surface area contributed by atoms with E-state index in [0.29, 0.717) is 27.7 Å². The summed E-state index contributed by atoms with van der Waals surface area (Å²) >= 11 is 0. The van der Waals surface area contributed by atoms with Crippen LogP contribution in [0.1, 0.15) is 136 Å². The van der Waals surface area contributed by atoms with E-state index in [0.717, 1.165) is 23.7 Å². The maximum atomic E-state index is 12.0. The first-order valence-corrected chi connectivity index (χ1v) is 18.4. The number of allylic oxidation sites excluding steroid dienone is 3. The van der Waals surface area contributed by atoms with Gasteiger partial charge in [0.15, 0.2) is 0 Å². The molecule has 6 rings (SSSR count). The molecule has 4 saturated carbocycles. The Kier molecular flexibility index (Phi) is 19.3. The molecule has 4 heteroatoms. The van der Waals surface area contributed by atoms with Gasteiger partial charge >= 0.3 is 5.97 Å². The molecule has 0 amide bonds. The van der Waals surface area contributed by atoms with Gasteiger partial charge in [-0.05, 0) is 139 Å². The lowest BCUT2D eigenvalue weighted by molar-refractivity contribution is -0.176. The number of terminal acetylenes is 3. The summed E-state index contributed by atoms with van der Waals surface area (Å²) in [6.07, 6.45) is 42.7. The highest BCUT2D eigenvalue weighted by Gasteiger charge is 2.64. The first-order chi connectivity index (χ1) is 23.9. The van der Waals surface area contributed by atoms with Gasteiger partial charge in [0.1, 0.15) is 0 Å². The standard InChI is InChI=1S/C34H48O2.C3H6.C2H6.3C2H2.CH2O2/c1-31(2)25(22-9-11-23(12-10-22)30(35)36-6)16-20-34(5)28(31)17-21-33(4)27-15-19-32(3)18-7-8-26(32)24(27)13-14-29(33)34;1-3-2;4*1-2;2-1-3/h9-12,16,24,26-29H,7-8,13-15,17-21H2,1-6H3;3H,1H2,2H3;1-2H3;3*1-2H;1H,(H,2,3)/t24-,26?,27?,28?,29?,32-,33+,34+;;;;;;/m1....../s1. The summed E-state index contributed by atoms with van der Waals surface area (Å²) in [5.74, 6) is 4.23. The molecule has 0 bridgehead atoms. The molecule has 4 unspecified atom stereocenters. The lowest BCUT2D eigenvalue weighted by Crippen LogP contribution is -2.60. The Morgan fingerprint density at radius 3 is 1.88 bits per heavy atom. The van der Waals surface area contributed by atoms with Crippen molar-refractivity contribution in [2.24, 2.45) is 51.2 Å². The SMILES string of the molecule is C#C.C#C.C#C.C=CC.CC.COC(=O)c1ccc(C2=CC[C@@]3(C)C(CC[C@@]4(C)C5CC[C@@]6(C)CCCC6[C@H]5CCC43)C2(C)C)cc1.O=CO. The highest BCUT2D eigenvalue weighted by Crippen LogP contribution is 2.73. The predicted octanol–water partition coefficient (Wildman–Crippen LogP) is 11.6. The van der Waals surface area contributed by atoms with Crippen LogP contribution in [0.2, 0.25) is 0 Å². The van der Waals surface area contributed by atoms with Crippen LogP contribution in [0.3, 0.4) is 0 Å². The molecule has 0 radical (unpaired) electrons. The number of carboxylic acid groups (broad SMARTS) is 1. The number of carbonyl (C=O) groups excluding carboxylic acids is 1. The fraction of sp³-hybridized carbons (Fsp3) is 0.609. The molecule has 1 aromatic rings. The summed E-state index contributed by atoms with van der Waals surface area (Å²) in [5.41, 5.74) is 5.08. The van der Waals surface area contributed by atoms with Crippen molar-refractivity contribution in [3.05, 3.63) is 54.1 Å². The van der Waals surface area contributed by atoms with Gasteiger partial charge in [-0.25, -0.2) is 4.79 Å². The van der Waals surface area contributed by atoms with Crippen molar-refractivity contribution in [3.8, 4) is 38.5 Å². The topological polar surface area (TPSA) is 63.6 Å². The third kappa shape index (κ3) is 8.96. The third-order valence-electron chi connectivity index (χ3n) is 13.1. The number of carbonyl (C=O) groups is 2. The van der Waals surface area contributed by atoms with Crippen LogP contribution in [-0.4, -0.2) is 24.7 Å². The van der Waals surface area contributed by atoms with Crippen LogP contribution in [-0.2, 0) is 9.53 Å². The average Bonchev–Trinajstić information content (AvgIpc) is 3.54. The van der Waals surface area contributed by atoms with E-state index >= 15 is 0 Å². The maximum Gasteiger partial charge on any atom is 0.337 e. The summed E-state index contributed by atoms with van der Waals surface area (Å²) in [6.45, 7) is 22.1. The van der Waals surface area contributed by atoms with Crippen LogP contribution < -0.4 is 0 Å². The number of fused-ring (bicyclic) bond motifs is 7. The van der Waals surface area contributed by atoms with Gasteiger partial charge in [0.2, 0.25) is 0 Å². The Morgan fingerprint density at radius 1 is 0.820 bits per heavy atom. The minimum absolute atomic E-state index is 0.133. The second-order valence-corrected chi connectivity index (χ2v) is 15.3. The van der Waals surface area contributed by atoms with Crippen molar-refractivity contribution in [1.29, 1.82) is 0 Å². The van der Waals surface area contributed by atoms with Crippen LogP contribution in [0.25, 0.3) is 5.57 Å². The van der Waals surface area contributed by atoms with E-state index in [4.69, 9.17) is 14.6 Å². The molecule has 5 aliphatic rings. The van der Waals surface area contributed by atoms with Crippen LogP contribution in [0, 0.1) is 89.8 Å². The number of benzene rings is 1. The molecular weight excluding hydrogens is 617 g/mol. The Hall–Kier alpha value is -3.68. The number of rotatable bonds is 2. The molecule has 0 spiro atoms. The maximum absolute atomic E-state index is 12.0. The van der Waals surface area contributed by atoms with Crippen molar-refractivity contribution in [2.75, 3.05) is 7.11 Å². The van der Waals surface area contributed by atoms with Crippen molar-refractivity contribution in [1.82, 2.24) is 0 Å². The number of hydrogen-bond acceptors (Lipinski definition) is 3. The molecule has 0 heterocycles. The minimum atomic E-state index is -0.256. The lowest BCUT2D eigenvalue weighted by Gasteiger charge is -2.68. The molecule has 1 aromatic carbocycles. The van der Waals surface area contributed by atoms with E-state index in [-0.39, 0.29) is 17.9 Å². The summed E-state index contributed by atoms with van der Waals surface area (Å²) in [7, 11) is 1.45.